The smallest absolute Gasteiger partial charge is 0.410 e. The van der Waals surface area contributed by atoms with E-state index in [0.717, 1.165) is 5.57 Å². The molecule has 46 heavy (non-hydrogen) atoms. The van der Waals surface area contributed by atoms with Gasteiger partial charge in [0.05, 0.1) is 18.2 Å². The molecule has 0 aromatic rings. The Balaban J connectivity index is 1.97. The second kappa shape index (κ2) is 16.4. The van der Waals surface area contributed by atoms with Crippen LogP contribution in [0.25, 0.3) is 10.4 Å². The van der Waals surface area contributed by atoms with E-state index in [1.807, 2.05) is 52.8 Å². The molecular weight excluding hydrogens is 594 g/mol. The van der Waals surface area contributed by atoms with Gasteiger partial charge in [0, 0.05) is 30.0 Å². The van der Waals surface area contributed by atoms with Crippen LogP contribution in [0.4, 0.5) is 4.79 Å². The lowest BCUT2D eigenvalue weighted by Crippen LogP contribution is -2.56. The number of likely N-dealkylation sites (N-methyl/N-ethyl adjacent to an activating group) is 1. The minimum absolute atomic E-state index is 0.0469. The van der Waals surface area contributed by atoms with Crippen molar-refractivity contribution in [3.63, 3.8) is 0 Å². The van der Waals surface area contributed by atoms with Gasteiger partial charge in [-0.2, -0.15) is 0 Å². The Kier molecular flexibility index (Phi) is 13.5. The highest BCUT2D eigenvalue weighted by Gasteiger charge is 2.58. The monoisotopic (exact) mass is 649 g/mol. The summed E-state index contributed by atoms with van der Waals surface area (Å²) in [6.07, 6.45) is 1.56. The van der Waals surface area contributed by atoms with Crippen LogP contribution in [0.1, 0.15) is 87.0 Å². The van der Waals surface area contributed by atoms with Gasteiger partial charge in [-0.05, 0) is 97.3 Å². The van der Waals surface area contributed by atoms with Gasteiger partial charge in [0.2, 0.25) is 0 Å². The van der Waals surface area contributed by atoms with Crippen LogP contribution >= 0.6 is 0 Å². The maximum atomic E-state index is 13.9. The van der Waals surface area contributed by atoms with Crippen molar-refractivity contribution >= 4 is 17.8 Å². The molecule has 0 aromatic heterocycles. The van der Waals surface area contributed by atoms with Crippen molar-refractivity contribution in [3.8, 4) is 0 Å². The molecule has 2 saturated heterocycles. The summed E-state index contributed by atoms with van der Waals surface area (Å²) in [5.74, 6) is -2.93. The number of carbonyl (C=O) groups is 3. The molecule has 13 heteroatoms. The third kappa shape index (κ3) is 8.41. The Labute approximate surface area is 273 Å². The summed E-state index contributed by atoms with van der Waals surface area (Å²) >= 11 is 0. The lowest BCUT2D eigenvalue weighted by Gasteiger charge is -2.43. The molecule has 0 aromatic carbocycles. The van der Waals surface area contributed by atoms with Gasteiger partial charge in [-0.15, -0.1) is 0 Å². The molecule has 260 valence electrons. The Morgan fingerprint density at radius 2 is 1.89 bits per heavy atom. The molecule has 0 aliphatic carbocycles. The molecule has 0 bridgehead atoms. The number of ether oxygens (including phenoxy) is 4. The number of allylic oxidation sites excluding steroid dienone is 1. The van der Waals surface area contributed by atoms with E-state index in [-0.39, 0.29) is 23.8 Å². The number of cyclic esters (lactones) is 1. The van der Waals surface area contributed by atoms with E-state index in [4.69, 9.17) is 24.5 Å². The van der Waals surface area contributed by atoms with Crippen LogP contribution in [0.3, 0.4) is 0 Å². The van der Waals surface area contributed by atoms with Crippen molar-refractivity contribution in [2.75, 3.05) is 27.2 Å². The first-order valence-corrected chi connectivity index (χ1v) is 16.7. The molecule has 1 N–H and O–H groups in total. The summed E-state index contributed by atoms with van der Waals surface area (Å²) in [6.45, 7) is 13.6. The summed E-state index contributed by atoms with van der Waals surface area (Å²) in [6, 6.07) is -0.586. The molecule has 2 unspecified atom stereocenters. The number of Topliss-reactive ketones (excluding diaryl/α,β-unsaturated/α-hetero) is 1. The topological polar surface area (TPSA) is 164 Å². The number of unbranched alkanes of at least 4 members (excludes halogenated alkanes) is 1. The van der Waals surface area contributed by atoms with E-state index in [0.29, 0.717) is 51.6 Å². The van der Waals surface area contributed by atoms with Gasteiger partial charge >= 0.3 is 12.1 Å². The highest BCUT2D eigenvalue weighted by Crippen LogP contribution is 2.41. The van der Waals surface area contributed by atoms with Crippen LogP contribution in [0, 0.1) is 17.8 Å². The average molecular weight is 650 g/mol. The number of azide groups is 1. The summed E-state index contributed by atoms with van der Waals surface area (Å²) in [5, 5.41) is 14.8. The highest BCUT2D eigenvalue weighted by atomic mass is 16.7. The van der Waals surface area contributed by atoms with Crippen LogP contribution < -0.4 is 0 Å². The predicted octanol–water partition coefficient (Wildman–Crippen LogP) is 5.01. The number of ketones is 1. The van der Waals surface area contributed by atoms with Crippen molar-refractivity contribution in [3.05, 3.63) is 22.1 Å². The second-order valence-corrected chi connectivity index (χ2v) is 13.7. The maximum absolute atomic E-state index is 13.9. The van der Waals surface area contributed by atoms with Gasteiger partial charge in [-0.25, -0.2) is 4.79 Å². The van der Waals surface area contributed by atoms with E-state index >= 15 is 0 Å². The van der Waals surface area contributed by atoms with E-state index < -0.39 is 60.1 Å². The number of esters is 1. The van der Waals surface area contributed by atoms with Gasteiger partial charge < -0.3 is 33.9 Å². The number of hydrogen-bond acceptors (Lipinski definition) is 10. The largest absolute Gasteiger partial charge is 0.458 e. The summed E-state index contributed by atoms with van der Waals surface area (Å²) < 4.78 is 24.6. The molecule has 3 rings (SSSR count). The zero-order valence-corrected chi connectivity index (χ0v) is 29.0. The number of amides is 1. The summed E-state index contributed by atoms with van der Waals surface area (Å²) in [5.41, 5.74) is 8.27. The minimum Gasteiger partial charge on any atom is -0.458 e. The standard InChI is InChI=1S/C33H55N5O8/c1-10-25-33(7)29(38(32(42)46-33)17-12-11-16-35-36-34)20(3)15-13-14-19(2)28(22(5)26(39)23(6)30(41)44-25)45-31-27(40)24(37(8)9)18-21(4)43-31/h14,20-25,27-29,31,40H,10-13,15-18H2,1-9H3/b19-14+/t20-,21+,22+,23+,24?,25+,27?,28-,29+,31-,33+/m0/s1. The van der Waals surface area contributed by atoms with Crippen LogP contribution in [-0.4, -0.2) is 108 Å². The molecule has 2 fully saturated rings. The number of aliphatic hydroxyl groups excluding tert-OH is 1. The zero-order valence-electron chi connectivity index (χ0n) is 29.0. The van der Waals surface area contributed by atoms with Gasteiger partial charge in [-0.3, -0.25) is 9.59 Å². The number of fused-ring (bicyclic) bond motifs is 1. The molecule has 3 heterocycles. The Hall–Kier alpha value is -2.70. The molecule has 11 atom stereocenters. The van der Waals surface area contributed by atoms with Gasteiger partial charge in [-0.1, -0.05) is 32.0 Å². The fourth-order valence-electron chi connectivity index (χ4n) is 7.37. The number of nitrogens with zero attached hydrogens (tertiary/aromatic N) is 5. The SMILES string of the molecule is CC[C@H]1OC(=O)[C@H](C)C(=O)[C@@H](C)[C@@H](O[C@@H]2O[C@H](C)CC(N(C)C)C2O)/C(C)=C/CC[C@H](C)[C@H]2N(CCCCN=[N+]=[N-])C(=O)O[C@]12C. The second-order valence-electron chi connectivity index (χ2n) is 13.7. The molecular formula is C33H55N5O8. The quantitative estimate of drug-likeness (QED) is 0.0688. The third-order valence-corrected chi connectivity index (χ3v) is 10.0. The van der Waals surface area contributed by atoms with Gasteiger partial charge in [0.25, 0.3) is 0 Å². The first-order valence-electron chi connectivity index (χ1n) is 16.7. The van der Waals surface area contributed by atoms with Crippen LogP contribution in [0.2, 0.25) is 0 Å². The zero-order chi connectivity index (χ0) is 34.3. The Morgan fingerprint density at radius 1 is 1.20 bits per heavy atom. The van der Waals surface area contributed by atoms with E-state index in [1.54, 1.807) is 11.8 Å². The average Bonchev–Trinajstić information content (AvgIpc) is 3.27. The van der Waals surface area contributed by atoms with Crippen LogP contribution in [0.5, 0.6) is 0 Å². The lowest BCUT2D eigenvalue weighted by atomic mass is 9.79. The Morgan fingerprint density at radius 3 is 2.52 bits per heavy atom. The number of rotatable bonds is 9. The molecule has 13 nitrogen and oxygen atoms in total. The normalized spacial score (nSPS) is 39.1. The van der Waals surface area contributed by atoms with Crippen molar-refractivity contribution in [2.45, 2.75) is 135 Å². The van der Waals surface area contributed by atoms with Gasteiger partial charge in [0.15, 0.2) is 17.7 Å². The number of aliphatic hydroxyl groups is 1. The molecule has 0 spiro atoms. The first kappa shape index (κ1) is 37.8. The fraction of sp³-hybridized carbons (Fsp3) is 0.848. The van der Waals surface area contributed by atoms with Crippen molar-refractivity contribution in [1.82, 2.24) is 9.80 Å². The molecule has 3 aliphatic rings. The van der Waals surface area contributed by atoms with Gasteiger partial charge in [0.1, 0.15) is 18.1 Å². The molecule has 3 aliphatic heterocycles. The third-order valence-electron chi connectivity index (χ3n) is 10.0. The Bertz CT molecular complexity index is 1160. The van der Waals surface area contributed by atoms with E-state index in [1.165, 1.54) is 6.92 Å². The molecule has 1 amide bonds. The summed E-state index contributed by atoms with van der Waals surface area (Å²) in [4.78, 5) is 47.2. The number of hydrogen-bond donors (Lipinski definition) is 1. The fourth-order valence-corrected chi connectivity index (χ4v) is 7.37. The van der Waals surface area contributed by atoms with Crippen LogP contribution in [-0.2, 0) is 28.5 Å². The van der Waals surface area contributed by atoms with Crippen molar-refractivity contribution < 1.29 is 38.4 Å². The molecule has 0 saturated carbocycles. The highest BCUT2D eigenvalue weighted by molar-refractivity contribution is 6.00. The van der Waals surface area contributed by atoms with Crippen LogP contribution in [0.15, 0.2) is 16.8 Å². The maximum Gasteiger partial charge on any atom is 0.410 e. The lowest BCUT2D eigenvalue weighted by molar-refractivity contribution is -0.267. The number of carbonyl (C=O) groups excluding carboxylic acids is 3. The molecule has 0 radical (unpaired) electrons. The van der Waals surface area contributed by atoms with Crippen molar-refractivity contribution in [1.29, 1.82) is 0 Å². The van der Waals surface area contributed by atoms with E-state index in [9.17, 15) is 19.5 Å². The summed E-state index contributed by atoms with van der Waals surface area (Å²) in [7, 11) is 3.80. The minimum atomic E-state index is -1.14. The first-order chi connectivity index (χ1) is 21.7. The van der Waals surface area contributed by atoms with Crippen molar-refractivity contribution in [2.24, 2.45) is 22.9 Å². The predicted molar refractivity (Wildman–Crippen MR) is 172 cm³/mol. The van der Waals surface area contributed by atoms with E-state index in [2.05, 4.69) is 16.9 Å².